The molecule has 0 unspecified atom stereocenters. The van der Waals surface area contributed by atoms with Gasteiger partial charge in [0.25, 0.3) is 0 Å². The van der Waals surface area contributed by atoms with E-state index >= 15 is 0 Å². The number of anilines is 3. The zero-order valence-electron chi connectivity index (χ0n) is 40.0. The first-order chi connectivity index (χ1) is 36.2. The molecule has 0 saturated carbocycles. The minimum atomic E-state index is -0.513. The standard InChI is InChI=1S/C71H47NS/c1-3-18-56(19-4-1)71(57-20-5-2-6-21-57)63-26-11-9-23-61(63)69-64(71)27-14-28-65(69)72(66-29-15-31-68-70(66)62-24-10-12-30-67(62)73-68)58-46-44-53(45-47-58)51-38-36-49(37-39-51)48-32-34-50(35-33-48)52-40-42-55(43-41-52)60-25-13-17-54-16-7-8-22-59(54)60/h1-47H. The van der Waals surface area contributed by atoms with Crippen molar-refractivity contribution in [2.75, 3.05) is 4.90 Å². The first-order valence-corrected chi connectivity index (χ1v) is 26.0. The highest BCUT2D eigenvalue weighted by Crippen LogP contribution is 2.60. The summed E-state index contributed by atoms with van der Waals surface area (Å²) in [6, 6.07) is 105. The van der Waals surface area contributed by atoms with Crippen molar-refractivity contribution in [3.8, 4) is 55.6 Å². The minimum Gasteiger partial charge on any atom is -0.309 e. The third kappa shape index (κ3) is 7.06. The van der Waals surface area contributed by atoms with Gasteiger partial charge in [0, 0.05) is 31.4 Å². The summed E-state index contributed by atoms with van der Waals surface area (Å²) in [5, 5.41) is 5.09. The Labute approximate surface area is 430 Å². The van der Waals surface area contributed by atoms with Gasteiger partial charge in [-0.2, -0.15) is 0 Å². The zero-order chi connectivity index (χ0) is 48.3. The molecule has 1 aliphatic rings. The van der Waals surface area contributed by atoms with Gasteiger partial charge < -0.3 is 4.90 Å². The van der Waals surface area contributed by atoms with E-state index in [-0.39, 0.29) is 0 Å². The summed E-state index contributed by atoms with van der Waals surface area (Å²) < 4.78 is 2.57. The van der Waals surface area contributed by atoms with Crippen LogP contribution >= 0.6 is 11.3 Å². The van der Waals surface area contributed by atoms with Crippen LogP contribution in [0.25, 0.3) is 86.6 Å². The molecule has 0 radical (unpaired) electrons. The van der Waals surface area contributed by atoms with Crippen LogP contribution in [0.3, 0.4) is 0 Å². The van der Waals surface area contributed by atoms with Crippen molar-refractivity contribution in [3.05, 3.63) is 307 Å². The molecule has 0 fully saturated rings. The Morgan fingerprint density at radius 2 is 0.726 bits per heavy atom. The Balaban J connectivity index is 0.831. The van der Waals surface area contributed by atoms with E-state index in [2.05, 4.69) is 290 Å². The van der Waals surface area contributed by atoms with Gasteiger partial charge in [-0.05, 0) is 119 Å². The maximum absolute atomic E-state index is 2.53. The zero-order valence-corrected chi connectivity index (χ0v) is 40.8. The van der Waals surface area contributed by atoms with Gasteiger partial charge in [0.15, 0.2) is 0 Å². The second-order valence-corrected chi connectivity index (χ2v) is 20.2. The molecule has 1 heterocycles. The van der Waals surface area contributed by atoms with Gasteiger partial charge in [0.2, 0.25) is 0 Å². The third-order valence-corrected chi connectivity index (χ3v) is 16.3. The smallest absolute Gasteiger partial charge is 0.0714 e. The normalized spacial score (nSPS) is 12.5. The van der Waals surface area contributed by atoms with Gasteiger partial charge in [0.05, 0.1) is 16.8 Å². The number of thiophene rings is 1. The van der Waals surface area contributed by atoms with Gasteiger partial charge in [-0.25, -0.2) is 0 Å². The summed E-state index contributed by atoms with van der Waals surface area (Å²) in [4.78, 5) is 2.53. The van der Waals surface area contributed by atoms with Crippen LogP contribution in [0.5, 0.6) is 0 Å². The lowest BCUT2D eigenvalue weighted by atomic mass is 9.68. The first-order valence-electron chi connectivity index (χ1n) is 25.2. The van der Waals surface area contributed by atoms with Crippen LogP contribution in [-0.2, 0) is 5.41 Å². The molecule has 0 atom stereocenters. The van der Waals surface area contributed by atoms with Crippen molar-refractivity contribution < 1.29 is 0 Å². The Kier molecular flexibility index (Phi) is 10.3. The molecule has 1 aliphatic carbocycles. The minimum absolute atomic E-state index is 0.513. The van der Waals surface area contributed by atoms with Crippen molar-refractivity contribution in [2.45, 2.75) is 5.41 Å². The maximum atomic E-state index is 2.53. The predicted molar refractivity (Wildman–Crippen MR) is 311 cm³/mol. The van der Waals surface area contributed by atoms with Gasteiger partial charge >= 0.3 is 0 Å². The fourth-order valence-corrected chi connectivity index (χ4v) is 13.0. The van der Waals surface area contributed by atoms with Gasteiger partial charge in [-0.15, -0.1) is 11.3 Å². The Hall–Kier alpha value is -9.08. The average molecular weight is 946 g/mol. The maximum Gasteiger partial charge on any atom is 0.0714 e. The molecule has 73 heavy (non-hydrogen) atoms. The van der Waals surface area contributed by atoms with E-state index in [4.69, 9.17) is 0 Å². The van der Waals surface area contributed by atoms with Crippen molar-refractivity contribution >= 4 is 59.3 Å². The number of hydrogen-bond donors (Lipinski definition) is 0. The van der Waals surface area contributed by atoms with Crippen LogP contribution in [0.4, 0.5) is 17.1 Å². The third-order valence-electron chi connectivity index (χ3n) is 15.2. The second-order valence-electron chi connectivity index (χ2n) is 19.1. The van der Waals surface area contributed by atoms with Crippen LogP contribution in [0.2, 0.25) is 0 Å². The summed E-state index contributed by atoms with van der Waals surface area (Å²) in [6.45, 7) is 0. The SMILES string of the molecule is c1ccc(C2(c3ccccc3)c3ccccc3-c3c(N(c4ccc(-c5ccc(-c6ccc(-c7ccc(-c8cccc9ccccc89)cc7)cc6)cc5)cc4)c4cccc5sc6ccccc6c45)cccc32)cc1. The molecule has 0 spiro atoms. The largest absolute Gasteiger partial charge is 0.309 e. The molecule has 12 aromatic carbocycles. The van der Waals surface area contributed by atoms with E-state index in [0.29, 0.717) is 0 Å². The molecule has 1 aromatic heterocycles. The quantitative estimate of drug-likeness (QED) is 0.139. The van der Waals surface area contributed by atoms with Crippen LogP contribution in [-0.4, -0.2) is 0 Å². The summed E-state index contributed by atoms with van der Waals surface area (Å²) in [6.07, 6.45) is 0. The van der Waals surface area contributed by atoms with Crippen LogP contribution < -0.4 is 4.90 Å². The van der Waals surface area contributed by atoms with Crippen LogP contribution in [0, 0.1) is 0 Å². The number of fused-ring (bicyclic) bond motifs is 7. The van der Waals surface area contributed by atoms with Gasteiger partial charge in [-0.3, -0.25) is 0 Å². The van der Waals surface area contributed by atoms with Gasteiger partial charge in [-0.1, -0.05) is 249 Å². The highest BCUT2D eigenvalue weighted by Gasteiger charge is 2.47. The number of rotatable bonds is 9. The lowest BCUT2D eigenvalue weighted by molar-refractivity contribution is 0.768. The molecule has 0 aliphatic heterocycles. The molecular weight excluding hydrogens is 899 g/mol. The van der Waals surface area contributed by atoms with Crippen molar-refractivity contribution in [1.82, 2.24) is 0 Å². The summed E-state index contributed by atoms with van der Waals surface area (Å²) in [5.74, 6) is 0. The lowest BCUT2D eigenvalue weighted by Crippen LogP contribution is -2.28. The average Bonchev–Trinajstić information content (AvgIpc) is 4.01. The Morgan fingerprint density at radius 1 is 0.288 bits per heavy atom. The van der Waals surface area contributed by atoms with E-state index in [9.17, 15) is 0 Å². The lowest BCUT2D eigenvalue weighted by Gasteiger charge is -2.34. The second kappa shape index (κ2) is 17.6. The Morgan fingerprint density at radius 3 is 1.37 bits per heavy atom. The van der Waals surface area contributed by atoms with E-state index < -0.39 is 5.41 Å². The van der Waals surface area contributed by atoms with E-state index in [1.54, 1.807) is 0 Å². The molecule has 14 rings (SSSR count). The first kappa shape index (κ1) is 42.8. The Bertz CT molecular complexity index is 4110. The molecule has 1 nitrogen and oxygen atoms in total. The molecule has 0 saturated heterocycles. The summed E-state index contributed by atoms with van der Waals surface area (Å²) in [7, 11) is 0. The summed E-state index contributed by atoms with van der Waals surface area (Å²) in [5.41, 5.74) is 20.2. The molecule has 13 aromatic rings. The van der Waals surface area contributed by atoms with Crippen molar-refractivity contribution in [2.24, 2.45) is 0 Å². The van der Waals surface area contributed by atoms with Gasteiger partial charge in [0.1, 0.15) is 0 Å². The van der Waals surface area contributed by atoms with E-state index in [1.807, 2.05) is 11.3 Å². The number of nitrogens with zero attached hydrogens (tertiary/aromatic N) is 1. The van der Waals surface area contributed by atoms with E-state index in [0.717, 1.165) is 11.4 Å². The van der Waals surface area contributed by atoms with E-state index in [1.165, 1.54) is 115 Å². The number of hydrogen-bond acceptors (Lipinski definition) is 2. The highest BCUT2D eigenvalue weighted by atomic mass is 32.1. The molecule has 342 valence electrons. The number of benzene rings is 12. The topological polar surface area (TPSA) is 3.24 Å². The monoisotopic (exact) mass is 945 g/mol. The molecular formula is C71H47NS. The fourth-order valence-electron chi connectivity index (χ4n) is 11.8. The van der Waals surface area contributed by atoms with Crippen molar-refractivity contribution in [3.63, 3.8) is 0 Å². The van der Waals surface area contributed by atoms with Crippen LogP contribution in [0.1, 0.15) is 22.3 Å². The molecule has 2 heteroatoms. The van der Waals surface area contributed by atoms with Crippen LogP contribution in [0.15, 0.2) is 285 Å². The fraction of sp³-hybridized carbons (Fsp3) is 0.0141. The molecule has 0 amide bonds. The summed E-state index contributed by atoms with van der Waals surface area (Å²) >= 11 is 1.86. The predicted octanol–water partition coefficient (Wildman–Crippen LogP) is 19.7. The highest BCUT2D eigenvalue weighted by molar-refractivity contribution is 7.26. The molecule has 0 N–H and O–H groups in total. The molecule has 0 bridgehead atoms. The van der Waals surface area contributed by atoms with Crippen molar-refractivity contribution in [1.29, 1.82) is 0 Å².